The molecule has 0 aromatic heterocycles. The van der Waals surface area contributed by atoms with Gasteiger partial charge in [0.25, 0.3) is 0 Å². The van der Waals surface area contributed by atoms with E-state index in [1.165, 1.54) is 7.11 Å². The smallest absolute Gasteiger partial charge is 0.320 e. The molecule has 4 heteroatoms. The van der Waals surface area contributed by atoms with Gasteiger partial charge < -0.3 is 10.1 Å². The molecule has 0 saturated carbocycles. The van der Waals surface area contributed by atoms with Gasteiger partial charge in [-0.2, -0.15) is 0 Å². The van der Waals surface area contributed by atoms with Crippen LogP contribution >= 0.6 is 15.9 Å². The monoisotopic (exact) mass is 265 g/mol. The first-order valence-corrected chi connectivity index (χ1v) is 5.81. The van der Waals surface area contributed by atoms with Crippen LogP contribution in [0.15, 0.2) is 0 Å². The van der Waals surface area contributed by atoms with E-state index in [1.807, 2.05) is 0 Å². The molecule has 0 saturated heterocycles. The molecule has 0 heterocycles. The SMILES string of the molecule is CCCC(C)(C)NCC(Br)C(=O)OC. The van der Waals surface area contributed by atoms with E-state index in [2.05, 4.69) is 46.8 Å². The summed E-state index contributed by atoms with van der Waals surface area (Å²) in [6.07, 6.45) is 2.22. The maximum absolute atomic E-state index is 11.1. The fourth-order valence-corrected chi connectivity index (χ4v) is 1.64. The number of halogens is 1. The predicted molar refractivity (Wildman–Crippen MR) is 61.7 cm³/mol. The summed E-state index contributed by atoms with van der Waals surface area (Å²) in [6, 6.07) is 0. The Morgan fingerprint density at radius 2 is 2.14 bits per heavy atom. The fourth-order valence-electron chi connectivity index (χ4n) is 1.29. The van der Waals surface area contributed by atoms with E-state index in [0.29, 0.717) is 6.54 Å². The molecule has 3 nitrogen and oxygen atoms in total. The molecule has 14 heavy (non-hydrogen) atoms. The van der Waals surface area contributed by atoms with Gasteiger partial charge >= 0.3 is 5.97 Å². The number of rotatable bonds is 6. The lowest BCUT2D eigenvalue weighted by Gasteiger charge is -2.26. The average molecular weight is 266 g/mol. The summed E-state index contributed by atoms with van der Waals surface area (Å²) in [6.45, 7) is 7.01. The van der Waals surface area contributed by atoms with Crippen LogP contribution in [0.2, 0.25) is 0 Å². The Kier molecular flexibility index (Phi) is 6.36. The van der Waals surface area contributed by atoms with Crippen molar-refractivity contribution in [1.29, 1.82) is 0 Å². The van der Waals surface area contributed by atoms with Crippen molar-refractivity contribution in [3.05, 3.63) is 0 Å². The van der Waals surface area contributed by atoms with E-state index in [9.17, 15) is 4.79 Å². The average Bonchev–Trinajstić information content (AvgIpc) is 2.13. The van der Waals surface area contributed by atoms with Gasteiger partial charge in [-0.1, -0.05) is 29.3 Å². The van der Waals surface area contributed by atoms with Gasteiger partial charge in [0.2, 0.25) is 0 Å². The second kappa shape index (κ2) is 6.40. The first-order chi connectivity index (χ1) is 6.43. The number of methoxy groups -OCH3 is 1. The third kappa shape index (κ3) is 5.60. The quantitative estimate of drug-likeness (QED) is 0.591. The zero-order valence-corrected chi connectivity index (χ0v) is 11.0. The number of hydrogen-bond donors (Lipinski definition) is 1. The summed E-state index contributed by atoms with van der Waals surface area (Å²) in [7, 11) is 1.40. The highest BCUT2D eigenvalue weighted by Crippen LogP contribution is 2.11. The minimum atomic E-state index is -0.261. The summed E-state index contributed by atoms with van der Waals surface area (Å²) >= 11 is 3.27. The molecule has 1 N–H and O–H groups in total. The largest absolute Gasteiger partial charge is 0.468 e. The molecule has 0 radical (unpaired) electrons. The van der Waals surface area contributed by atoms with E-state index in [0.717, 1.165) is 12.8 Å². The van der Waals surface area contributed by atoms with Gasteiger partial charge in [-0.15, -0.1) is 0 Å². The number of hydrogen-bond acceptors (Lipinski definition) is 3. The fraction of sp³-hybridized carbons (Fsp3) is 0.900. The molecule has 1 atom stereocenters. The Labute approximate surface area is 94.7 Å². The third-order valence-electron chi connectivity index (χ3n) is 2.09. The minimum Gasteiger partial charge on any atom is -0.468 e. The molecule has 0 spiro atoms. The van der Waals surface area contributed by atoms with Crippen LogP contribution in [0.1, 0.15) is 33.6 Å². The second-order valence-corrected chi connectivity index (χ2v) is 5.11. The summed E-state index contributed by atoms with van der Waals surface area (Å²) in [5.74, 6) is -0.232. The number of esters is 1. The summed E-state index contributed by atoms with van der Waals surface area (Å²) in [5.41, 5.74) is 0.0782. The number of alkyl halides is 1. The highest BCUT2D eigenvalue weighted by atomic mass is 79.9. The molecular weight excluding hydrogens is 246 g/mol. The van der Waals surface area contributed by atoms with Crippen LogP contribution in [0.25, 0.3) is 0 Å². The molecule has 0 rings (SSSR count). The molecule has 0 aromatic rings. The van der Waals surface area contributed by atoms with Crippen LogP contribution in [0.4, 0.5) is 0 Å². The van der Waals surface area contributed by atoms with Crippen molar-refractivity contribution in [2.45, 2.75) is 44.0 Å². The zero-order valence-electron chi connectivity index (χ0n) is 9.39. The molecular formula is C10H20BrNO2. The first kappa shape index (κ1) is 13.9. The van der Waals surface area contributed by atoms with Crippen molar-refractivity contribution in [2.75, 3.05) is 13.7 Å². The topological polar surface area (TPSA) is 38.3 Å². The van der Waals surface area contributed by atoms with Crippen molar-refractivity contribution in [1.82, 2.24) is 5.32 Å². The molecule has 0 bridgehead atoms. The number of ether oxygens (including phenoxy) is 1. The third-order valence-corrected chi connectivity index (χ3v) is 2.79. The van der Waals surface area contributed by atoms with Crippen LogP contribution in [0.5, 0.6) is 0 Å². The highest BCUT2D eigenvalue weighted by Gasteiger charge is 2.20. The normalized spacial score (nSPS) is 13.8. The van der Waals surface area contributed by atoms with Crippen molar-refractivity contribution < 1.29 is 9.53 Å². The van der Waals surface area contributed by atoms with Gasteiger partial charge in [-0.05, 0) is 20.3 Å². The lowest BCUT2D eigenvalue weighted by atomic mass is 9.99. The molecule has 1 unspecified atom stereocenters. The Bertz CT molecular complexity index is 183. The maximum Gasteiger partial charge on any atom is 0.320 e. The maximum atomic E-state index is 11.1. The molecule has 0 amide bonds. The summed E-state index contributed by atoms with van der Waals surface area (Å²) < 4.78 is 4.61. The van der Waals surface area contributed by atoms with Gasteiger partial charge in [-0.3, -0.25) is 4.79 Å². The standard InChI is InChI=1S/C10H20BrNO2/c1-5-6-10(2,3)12-7-8(11)9(13)14-4/h8,12H,5-7H2,1-4H3. The lowest BCUT2D eigenvalue weighted by Crippen LogP contribution is -2.43. The van der Waals surface area contributed by atoms with Crippen LogP contribution in [0.3, 0.4) is 0 Å². The van der Waals surface area contributed by atoms with E-state index in [1.54, 1.807) is 0 Å². The number of nitrogens with one attached hydrogen (secondary N) is 1. The summed E-state index contributed by atoms with van der Waals surface area (Å²) in [5, 5.41) is 3.33. The highest BCUT2D eigenvalue weighted by molar-refractivity contribution is 9.10. The van der Waals surface area contributed by atoms with Gasteiger partial charge in [0.05, 0.1) is 7.11 Å². The van der Waals surface area contributed by atoms with Crippen molar-refractivity contribution in [3.63, 3.8) is 0 Å². The second-order valence-electron chi connectivity index (χ2n) is 4.01. The van der Waals surface area contributed by atoms with E-state index in [4.69, 9.17) is 0 Å². The number of carbonyl (C=O) groups is 1. The van der Waals surface area contributed by atoms with E-state index < -0.39 is 0 Å². The van der Waals surface area contributed by atoms with E-state index in [-0.39, 0.29) is 16.3 Å². The Morgan fingerprint density at radius 1 is 1.57 bits per heavy atom. The molecule has 0 aliphatic carbocycles. The van der Waals surface area contributed by atoms with Crippen LogP contribution < -0.4 is 5.32 Å². The molecule has 0 aromatic carbocycles. The number of carbonyl (C=O) groups excluding carboxylic acids is 1. The Hall–Kier alpha value is -0.0900. The molecule has 0 aliphatic heterocycles. The van der Waals surface area contributed by atoms with Crippen LogP contribution in [-0.2, 0) is 9.53 Å². The minimum absolute atomic E-state index is 0.0782. The molecule has 0 aliphatic rings. The molecule has 0 fully saturated rings. The zero-order chi connectivity index (χ0) is 11.2. The lowest BCUT2D eigenvalue weighted by molar-refractivity contribution is -0.139. The van der Waals surface area contributed by atoms with Gasteiger partial charge in [-0.25, -0.2) is 0 Å². The van der Waals surface area contributed by atoms with Gasteiger partial charge in [0, 0.05) is 12.1 Å². The first-order valence-electron chi connectivity index (χ1n) is 4.90. The Morgan fingerprint density at radius 3 is 2.57 bits per heavy atom. The van der Waals surface area contributed by atoms with Crippen molar-refractivity contribution >= 4 is 21.9 Å². The van der Waals surface area contributed by atoms with Crippen LogP contribution in [0, 0.1) is 0 Å². The van der Waals surface area contributed by atoms with Crippen LogP contribution in [-0.4, -0.2) is 30.0 Å². The van der Waals surface area contributed by atoms with Gasteiger partial charge in [0.15, 0.2) is 0 Å². The summed E-state index contributed by atoms with van der Waals surface area (Å²) in [4.78, 5) is 10.8. The van der Waals surface area contributed by atoms with Crippen molar-refractivity contribution in [3.8, 4) is 0 Å². The van der Waals surface area contributed by atoms with Gasteiger partial charge in [0.1, 0.15) is 4.83 Å². The predicted octanol–water partition coefficient (Wildman–Crippen LogP) is 2.09. The van der Waals surface area contributed by atoms with Crippen molar-refractivity contribution in [2.24, 2.45) is 0 Å². The molecule has 84 valence electrons. The van der Waals surface area contributed by atoms with E-state index >= 15 is 0 Å². The Balaban J connectivity index is 3.86.